The molecule has 0 aromatic rings. The Labute approximate surface area is 314 Å². The van der Waals surface area contributed by atoms with E-state index in [0.29, 0.717) is 0 Å². The lowest BCUT2D eigenvalue weighted by Crippen LogP contribution is -2.23. The van der Waals surface area contributed by atoms with Gasteiger partial charge in [-0.3, -0.25) is 0 Å². The standard InChI is InChI=1S/C48H80NP/c1-11-18-20-21-29-43(41(16-6)38(10)45-32-24-34-49-48(45)33-19-12-2)37(9)42(17-7)46(27-14-4)47-31-23-22-30-44(47)36(8)40(15-5)39(26-13-3)28-25-35-50/h13,26,33,49H,11-12,14-25,27-32,34-35,50H2,1-10H3/b26-13-,40-39-,42-37+,43-41+,44-36+,45-38+,47-46+,48-33+. The molecule has 2 aliphatic rings. The average molecular weight is 702 g/mol. The summed E-state index contributed by atoms with van der Waals surface area (Å²) in [6, 6.07) is 0. The molecular formula is C48H80NP. The largest absolute Gasteiger partial charge is 0.385 e. The zero-order valence-electron chi connectivity index (χ0n) is 34.9. The van der Waals surface area contributed by atoms with Crippen molar-refractivity contribution < 1.29 is 0 Å². The van der Waals surface area contributed by atoms with Gasteiger partial charge in [0.25, 0.3) is 0 Å². The molecule has 1 N–H and O–H groups in total. The fraction of sp³-hybridized carbons (Fsp3) is 0.667. The Balaban J connectivity index is 3.00. The van der Waals surface area contributed by atoms with E-state index in [9.17, 15) is 0 Å². The summed E-state index contributed by atoms with van der Waals surface area (Å²) in [5, 5.41) is 3.81. The van der Waals surface area contributed by atoms with Crippen LogP contribution in [-0.2, 0) is 0 Å². The van der Waals surface area contributed by atoms with E-state index in [2.05, 4.69) is 102 Å². The molecule has 1 nitrogen and oxygen atoms in total. The van der Waals surface area contributed by atoms with Crippen LogP contribution in [0.1, 0.15) is 198 Å². The first-order chi connectivity index (χ1) is 24.3. The lowest BCUT2D eigenvalue weighted by atomic mass is 9.76. The second-order valence-electron chi connectivity index (χ2n) is 14.9. The maximum atomic E-state index is 3.81. The minimum atomic E-state index is 1.10. The first-order valence-corrected chi connectivity index (χ1v) is 22.1. The van der Waals surface area contributed by atoms with Gasteiger partial charge in [0.05, 0.1) is 0 Å². The Morgan fingerprint density at radius 1 is 0.640 bits per heavy atom. The van der Waals surface area contributed by atoms with Gasteiger partial charge in [0.1, 0.15) is 0 Å². The van der Waals surface area contributed by atoms with Crippen molar-refractivity contribution in [2.45, 2.75) is 198 Å². The summed E-state index contributed by atoms with van der Waals surface area (Å²) in [5.41, 5.74) is 20.9. The molecule has 2 heteroatoms. The van der Waals surface area contributed by atoms with E-state index >= 15 is 0 Å². The molecule has 1 saturated carbocycles. The van der Waals surface area contributed by atoms with E-state index < -0.39 is 0 Å². The predicted octanol–water partition coefficient (Wildman–Crippen LogP) is 15.7. The summed E-state index contributed by atoms with van der Waals surface area (Å²) >= 11 is 0. The Morgan fingerprint density at radius 2 is 1.30 bits per heavy atom. The topological polar surface area (TPSA) is 12.0 Å². The Bertz CT molecular complexity index is 1320. The second kappa shape index (κ2) is 25.2. The first kappa shape index (κ1) is 44.3. The van der Waals surface area contributed by atoms with Crippen molar-refractivity contribution in [2.75, 3.05) is 12.7 Å². The van der Waals surface area contributed by atoms with Gasteiger partial charge >= 0.3 is 0 Å². The molecule has 2 rings (SSSR count). The van der Waals surface area contributed by atoms with Gasteiger partial charge in [-0.05, 0) is 197 Å². The molecule has 0 aromatic carbocycles. The van der Waals surface area contributed by atoms with Crippen LogP contribution in [0, 0.1) is 0 Å². The lowest BCUT2D eigenvalue weighted by molar-refractivity contribution is 0.654. The molecule has 0 amide bonds. The normalized spacial score (nSPS) is 21.1. The highest BCUT2D eigenvalue weighted by Gasteiger charge is 2.24. The zero-order valence-corrected chi connectivity index (χ0v) is 36.0. The van der Waals surface area contributed by atoms with Gasteiger partial charge in [-0.1, -0.05) is 91.9 Å². The fourth-order valence-electron chi connectivity index (χ4n) is 8.80. The van der Waals surface area contributed by atoms with Gasteiger partial charge in [-0.25, -0.2) is 0 Å². The van der Waals surface area contributed by atoms with E-state index in [4.69, 9.17) is 0 Å². The van der Waals surface area contributed by atoms with Crippen molar-refractivity contribution in [3.8, 4) is 0 Å². The van der Waals surface area contributed by atoms with Crippen molar-refractivity contribution in [1.82, 2.24) is 5.32 Å². The van der Waals surface area contributed by atoms with Crippen LogP contribution in [0.3, 0.4) is 0 Å². The van der Waals surface area contributed by atoms with Gasteiger partial charge in [0.15, 0.2) is 0 Å². The SMILES string of the molecule is C\C=C/C(CCCP)=C(CC)/C(C)=C1\CCCC\C1=C(CCC)/C(CC)=C(C)/C(CCCCCC)=C(CC)/C(C)=C1\CCCN\C1=C\CCC. The van der Waals surface area contributed by atoms with Crippen LogP contribution in [0.25, 0.3) is 0 Å². The molecule has 1 unspecified atom stereocenters. The molecule has 0 bridgehead atoms. The van der Waals surface area contributed by atoms with E-state index in [-0.39, 0.29) is 0 Å². The van der Waals surface area contributed by atoms with Crippen LogP contribution in [0.15, 0.2) is 90.8 Å². The molecule has 1 heterocycles. The number of nitrogens with one attached hydrogen (secondary N) is 1. The lowest BCUT2D eigenvalue weighted by Gasteiger charge is -2.29. The minimum absolute atomic E-state index is 1.10. The number of hydrogen-bond donors (Lipinski definition) is 1. The maximum Gasteiger partial charge on any atom is 0.0334 e. The predicted molar refractivity (Wildman–Crippen MR) is 231 cm³/mol. The Kier molecular flexibility index (Phi) is 22.3. The third-order valence-electron chi connectivity index (χ3n) is 11.4. The van der Waals surface area contributed by atoms with Crippen molar-refractivity contribution in [3.05, 3.63) is 90.8 Å². The van der Waals surface area contributed by atoms with Gasteiger partial charge in [0, 0.05) is 12.2 Å². The quantitative estimate of drug-likeness (QED) is 0.0757. The van der Waals surface area contributed by atoms with Crippen LogP contribution in [-0.4, -0.2) is 12.7 Å². The van der Waals surface area contributed by atoms with Crippen molar-refractivity contribution in [1.29, 1.82) is 0 Å². The third kappa shape index (κ3) is 12.7. The molecule has 0 spiro atoms. The number of hydrogen-bond acceptors (Lipinski definition) is 1. The van der Waals surface area contributed by atoms with Crippen molar-refractivity contribution in [2.24, 2.45) is 0 Å². The van der Waals surface area contributed by atoms with E-state index in [1.165, 1.54) is 115 Å². The first-order valence-electron chi connectivity index (χ1n) is 21.3. The summed E-state index contributed by atoms with van der Waals surface area (Å²) in [6.45, 7) is 25.0. The highest BCUT2D eigenvalue weighted by molar-refractivity contribution is 7.16. The average Bonchev–Trinajstić information content (AvgIpc) is 3.14. The summed E-state index contributed by atoms with van der Waals surface area (Å²) in [5.74, 6) is 0. The number of allylic oxidation sites excluding steroid dienone is 15. The molecule has 2 fully saturated rings. The molecule has 0 radical (unpaired) electrons. The monoisotopic (exact) mass is 702 g/mol. The Morgan fingerprint density at radius 3 is 1.90 bits per heavy atom. The zero-order chi connectivity index (χ0) is 36.9. The fourth-order valence-corrected chi connectivity index (χ4v) is 9.00. The second-order valence-corrected chi connectivity index (χ2v) is 15.5. The highest BCUT2D eigenvalue weighted by Crippen LogP contribution is 2.43. The third-order valence-corrected chi connectivity index (χ3v) is 11.8. The van der Waals surface area contributed by atoms with Crippen LogP contribution < -0.4 is 5.32 Å². The van der Waals surface area contributed by atoms with Gasteiger partial charge in [-0.2, -0.15) is 0 Å². The molecule has 1 aliphatic heterocycles. The molecule has 1 atom stereocenters. The van der Waals surface area contributed by atoms with Crippen LogP contribution >= 0.6 is 9.24 Å². The summed E-state index contributed by atoms with van der Waals surface area (Å²) < 4.78 is 0. The van der Waals surface area contributed by atoms with Crippen molar-refractivity contribution >= 4 is 9.24 Å². The Hall–Kier alpha value is -1.85. The molecule has 50 heavy (non-hydrogen) atoms. The van der Waals surface area contributed by atoms with Crippen LogP contribution in [0.5, 0.6) is 0 Å². The maximum absolute atomic E-state index is 3.81. The van der Waals surface area contributed by atoms with E-state index in [1.807, 2.05) is 0 Å². The van der Waals surface area contributed by atoms with Gasteiger partial charge in [0.2, 0.25) is 0 Å². The highest BCUT2D eigenvalue weighted by atomic mass is 31.0. The molecule has 282 valence electrons. The molecular weight excluding hydrogens is 622 g/mol. The molecule has 0 aromatic heterocycles. The van der Waals surface area contributed by atoms with Crippen molar-refractivity contribution in [3.63, 3.8) is 0 Å². The van der Waals surface area contributed by atoms with E-state index in [1.54, 1.807) is 66.9 Å². The summed E-state index contributed by atoms with van der Waals surface area (Å²) in [7, 11) is 2.94. The number of piperidine rings is 1. The number of unbranched alkanes of at least 4 members (excludes halogenated alkanes) is 4. The molecule has 1 aliphatic carbocycles. The van der Waals surface area contributed by atoms with Crippen LogP contribution in [0.2, 0.25) is 0 Å². The summed E-state index contributed by atoms with van der Waals surface area (Å²) in [4.78, 5) is 0. The van der Waals surface area contributed by atoms with Gasteiger partial charge < -0.3 is 5.32 Å². The summed E-state index contributed by atoms with van der Waals surface area (Å²) in [6.07, 6.45) is 32.8. The molecule has 1 saturated heterocycles. The van der Waals surface area contributed by atoms with Gasteiger partial charge in [-0.15, -0.1) is 9.24 Å². The number of rotatable bonds is 20. The minimum Gasteiger partial charge on any atom is -0.385 e. The smallest absolute Gasteiger partial charge is 0.0334 e. The van der Waals surface area contributed by atoms with E-state index in [0.717, 1.165) is 32.2 Å². The van der Waals surface area contributed by atoms with Crippen LogP contribution in [0.4, 0.5) is 0 Å².